The number of aryl methyl sites for hydroxylation is 2. The fourth-order valence-corrected chi connectivity index (χ4v) is 5.91. The number of thiophene rings is 2. The molecule has 5 heteroatoms. The van der Waals surface area contributed by atoms with Crippen molar-refractivity contribution < 1.29 is 0 Å². The van der Waals surface area contributed by atoms with E-state index in [0.717, 1.165) is 13.1 Å². The third kappa shape index (κ3) is 2.56. The highest BCUT2D eigenvalue weighted by Gasteiger charge is 2.19. The molecule has 2 aromatic rings. The second-order valence-electron chi connectivity index (χ2n) is 3.53. The van der Waals surface area contributed by atoms with Gasteiger partial charge < -0.3 is 0 Å². The van der Waals surface area contributed by atoms with Gasteiger partial charge in [-0.2, -0.15) is 0 Å². The van der Waals surface area contributed by atoms with Crippen LogP contribution in [0.2, 0.25) is 0 Å². The quantitative estimate of drug-likeness (QED) is 0.521. The maximum Gasteiger partial charge on any atom is 0.0947 e. The third-order valence-electron chi connectivity index (χ3n) is 2.39. The van der Waals surface area contributed by atoms with Crippen LogP contribution in [0.1, 0.15) is 26.3 Å². The van der Waals surface area contributed by atoms with E-state index in [1.54, 1.807) is 22.7 Å². The summed E-state index contributed by atoms with van der Waals surface area (Å²) >= 11 is 17.0. The highest BCUT2D eigenvalue weighted by molar-refractivity contribution is 9.12. The maximum atomic E-state index is 6.50. The molecule has 0 bridgehead atoms. The average Bonchev–Trinajstić information content (AvgIpc) is 2.70. The van der Waals surface area contributed by atoms with Gasteiger partial charge in [0, 0.05) is 15.3 Å². The van der Waals surface area contributed by atoms with E-state index < -0.39 is 0 Å². The monoisotopic (exact) mass is 398 g/mol. The second kappa shape index (κ2) is 5.11. The molecule has 0 aliphatic carbocycles. The van der Waals surface area contributed by atoms with Gasteiger partial charge in [0.1, 0.15) is 0 Å². The SMILES string of the molecule is Cc1cc(C(Cl)c2cc(Br)sc2Br)sc1C. The lowest BCUT2D eigenvalue weighted by Crippen LogP contribution is -1.87. The Bertz CT molecular complexity index is 497. The Morgan fingerprint density at radius 1 is 1.19 bits per heavy atom. The number of hydrogen-bond donors (Lipinski definition) is 0. The summed E-state index contributed by atoms with van der Waals surface area (Å²) in [5, 5.41) is -0.0608. The molecule has 0 aliphatic rings. The standard InChI is InChI=1S/C11H9Br2ClS2/c1-5-3-8(15-6(5)2)10(14)7-4-9(12)16-11(7)13/h3-4,10H,1-2H3. The Hall–Kier alpha value is 0.650. The minimum atomic E-state index is -0.0608. The van der Waals surface area contributed by atoms with Gasteiger partial charge in [0.2, 0.25) is 0 Å². The molecule has 0 saturated heterocycles. The zero-order valence-electron chi connectivity index (χ0n) is 8.68. The zero-order chi connectivity index (χ0) is 11.9. The Morgan fingerprint density at radius 3 is 2.31 bits per heavy atom. The smallest absolute Gasteiger partial charge is 0.0947 e. The maximum absolute atomic E-state index is 6.50. The molecule has 0 aromatic carbocycles. The van der Waals surface area contributed by atoms with Crippen LogP contribution < -0.4 is 0 Å². The molecule has 2 rings (SSSR count). The molecule has 0 amide bonds. The van der Waals surface area contributed by atoms with Crippen LogP contribution in [-0.4, -0.2) is 0 Å². The van der Waals surface area contributed by atoms with Crippen molar-refractivity contribution in [2.75, 3.05) is 0 Å². The molecular formula is C11H9Br2ClS2. The third-order valence-corrected chi connectivity index (χ3v) is 6.59. The molecule has 0 aliphatic heterocycles. The van der Waals surface area contributed by atoms with E-state index in [2.05, 4.69) is 57.8 Å². The lowest BCUT2D eigenvalue weighted by molar-refractivity contribution is 1.19. The molecule has 16 heavy (non-hydrogen) atoms. The highest BCUT2D eigenvalue weighted by atomic mass is 79.9. The first-order valence-electron chi connectivity index (χ1n) is 4.64. The Morgan fingerprint density at radius 2 is 1.88 bits per heavy atom. The molecule has 0 saturated carbocycles. The van der Waals surface area contributed by atoms with Crippen LogP contribution in [0.15, 0.2) is 19.7 Å². The molecule has 1 atom stereocenters. The van der Waals surface area contributed by atoms with Crippen molar-refractivity contribution in [3.8, 4) is 0 Å². The number of alkyl halides is 1. The summed E-state index contributed by atoms with van der Waals surface area (Å²) in [5.74, 6) is 0. The molecule has 0 radical (unpaired) electrons. The predicted octanol–water partition coefficient (Wildman–Crippen LogP) is 6.28. The minimum Gasteiger partial charge on any atom is -0.143 e. The fraction of sp³-hybridized carbons (Fsp3) is 0.273. The van der Waals surface area contributed by atoms with Crippen molar-refractivity contribution in [1.29, 1.82) is 0 Å². The summed E-state index contributed by atoms with van der Waals surface area (Å²) in [4.78, 5) is 2.55. The first-order chi connectivity index (χ1) is 7.49. The van der Waals surface area contributed by atoms with Crippen molar-refractivity contribution >= 4 is 66.1 Å². The normalized spacial score (nSPS) is 13.1. The van der Waals surface area contributed by atoms with Crippen LogP contribution in [0.5, 0.6) is 0 Å². The van der Waals surface area contributed by atoms with Crippen molar-refractivity contribution in [1.82, 2.24) is 0 Å². The molecular weight excluding hydrogens is 392 g/mol. The van der Waals surface area contributed by atoms with E-state index in [4.69, 9.17) is 11.6 Å². The average molecular weight is 401 g/mol. The molecule has 0 spiro atoms. The molecule has 0 nitrogen and oxygen atoms in total. The zero-order valence-corrected chi connectivity index (χ0v) is 14.2. The summed E-state index contributed by atoms with van der Waals surface area (Å²) < 4.78 is 2.20. The molecule has 86 valence electrons. The summed E-state index contributed by atoms with van der Waals surface area (Å²) in [6.45, 7) is 4.25. The summed E-state index contributed by atoms with van der Waals surface area (Å²) in [6, 6.07) is 4.26. The molecule has 2 aromatic heterocycles. The van der Waals surface area contributed by atoms with Crippen molar-refractivity contribution in [3.05, 3.63) is 40.6 Å². The van der Waals surface area contributed by atoms with Crippen molar-refractivity contribution in [3.63, 3.8) is 0 Å². The van der Waals surface area contributed by atoms with Gasteiger partial charge >= 0.3 is 0 Å². The Labute approximate surface area is 125 Å². The van der Waals surface area contributed by atoms with Crippen molar-refractivity contribution in [2.45, 2.75) is 19.2 Å². The highest BCUT2D eigenvalue weighted by Crippen LogP contribution is 2.43. The van der Waals surface area contributed by atoms with E-state index in [1.165, 1.54) is 15.3 Å². The first-order valence-corrected chi connectivity index (χ1v) is 8.30. The summed E-state index contributed by atoms with van der Waals surface area (Å²) in [6.07, 6.45) is 0. The summed E-state index contributed by atoms with van der Waals surface area (Å²) in [5.41, 5.74) is 2.45. The van der Waals surface area contributed by atoms with Gasteiger partial charge in [-0.3, -0.25) is 0 Å². The van der Waals surface area contributed by atoms with Gasteiger partial charge in [-0.1, -0.05) is 0 Å². The van der Waals surface area contributed by atoms with Crippen molar-refractivity contribution in [2.24, 2.45) is 0 Å². The predicted molar refractivity (Wildman–Crippen MR) is 81.2 cm³/mol. The van der Waals surface area contributed by atoms with E-state index in [-0.39, 0.29) is 5.38 Å². The van der Waals surface area contributed by atoms with Gasteiger partial charge in [0.05, 0.1) is 12.9 Å². The van der Waals surface area contributed by atoms with Crippen LogP contribution in [0.25, 0.3) is 0 Å². The van der Waals surface area contributed by atoms with Gasteiger partial charge in [-0.05, 0) is 63.4 Å². The first kappa shape index (κ1) is 13.1. The topological polar surface area (TPSA) is 0 Å². The van der Waals surface area contributed by atoms with E-state index >= 15 is 0 Å². The molecule has 0 N–H and O–H groups in total. The van der Waals surface area contributed by atoms with E-state index in [0.29, 0.717) is 0 Å². The number of halogens is 3. The van der Waals surface area contributed by atoms with Crippen LogP contribution in [-0.2, 0) is 0 Å². The Kier molecular flexibility index (Phi) is 4.18. The lowest BCUT2D eigenvalue weighted by Gasteiger charge is -2.05. The van der Waals surface area contributed by atoms with Gasteiger partial charge in [0.25, 0.3) is 0 Å². The largest absolute Gasteiger partial charge is 0.143 e. The lowest BCUT2D eigenvalue weighted by atomic mass is 10.2. The van der Waals surface area contributed by atoms with Gasteiger partial charge in [0.15, 0.2) is 0 Å². The fourth-order valence-electron chi connectivity index (χ4n) is 1.41. The number of rotatable bonds is 2. The van der Waals surface area contributed by atoms with E-state index in [9.17, 15) is 0 Å². The Balaban J connectivity index is 2.38. The summed E-state index contributed by atoms with van der Waals surface area (Å²) in [7, 11) is 0. The number of hydrogen-bond acceptors (Lipinski definition) is 2. The van der Waals surface area contributed by atoms with Crippen LogP contribution in [0, 0.1) is 13.8 Å². The molecule has 1 unspecified atom stereocenters. The van der Waals surface area contributed by atoms with Crippen LogP contribution in [0.3, 0.4) is 0 Å². The minimum absolute atomic E-state index is 0.0608. The molecule has 2 heterocycles. The van der Waals surface area contributed by atoms with Crippen LogP contribution in [0.4, 0.5) is 0 Å². The molecule has 0 fully saturated rings. The van der Waals surface area contributed by atoms with Gasteiger partial charge in [-0.15, -0.1) is 34.3 Å². The van der Waals surface area contributed by atoms with E-state index in [1.807, 2.05) is 0 Å². The second-order valence-corrected chi connectivity index (χ2v) is 9.00. The van der Waals surface area contributed by atoms with Crippen LogP contribution >= 0.6 is 66.1 Å². The van der Waals surface area contributed by atoms with Gasteiger partial charge in [-0.25, -0.2) is 0 Å².